The van der Waals surface area contributed by atoms with Crippen molar-refractivity contribution < 1.29 is 4.74 Å². The van der Waals surface area contributed by atoms with Crippen molar-refractivity contribution in [3.05, 3.63) is 29.8 Å². The molecular formula is C18H28N2O. The number of ether oxygens (including phenoxy) is 1. The Morgan fingerprint density at radius 1 is 1.05 bits per heavy atom. The Balaban J connectivity index is 1.52. The van der Waals surface area contributed by atoms with Gasteiger partial charge in [-0.3, -0.25) is 0 Å². The van der Waals surface area contributed by atoms with E-state index in [0.29, 0.717) is 0 Å². The molecule has 2 aliphatic carbocycles. The molecule has 116 valence electrons. The molecule has 0 saturated heterocycles. The molecule has 0 heterocycles. The van der Waals surface area contributed by atoms with E-state index in [1.54, 1.807) is 7.11 Å². The molecule has 21 heavy (non-hydrogen) atoms. The van der Waals surface area contributed by atoms with Crippen LogP contribution in [0.4, 0.5) is 5.69 Å². The maximum Gasteiger partial charge on any atom is 0.0587 e. The Kier molecular flexibility index (Phi) is 5.15. The van der Waals surface area contributed by atoms with Gasteiger partial charge in [-0.15, -0.1) is 0 Å². The number of anilines is 1. The van der Waals surface area contributed by atoms with Gasteiger partial charge >= 0.3 is 0 Å². The van der Waals surface area contributed by atoms with E-state index in [1.807, 2.05) is 0 Å². The number of hydrogen-bond donors (Lipinski definition) is 1. The van der Waals surface area contributed by atoms with Crippen molar-refractivity contribution >= 4 is 5.69 Å². The summed E-state index contributed by atoms with van der Waals surface area (Å²) in [7, 11) is 1.74. The predicted molar refractivity (Wildman–Crippen MR) is 87.7 cm³/mol. The molecule has 2 saturated carbocycles. The van der Waals surface area contributed by atoms with E-state index in [4.69, 9.17) is 4.74 Å². The summed E-state index contributed by atoms with van der Waals surface area (Å²) in [5, 5.41) is 3.40. The second-order valence-electron chi connectivity index (χ2n) is 6.63. The van der Waals surface area contributed by atoms with Crippen LogP contribution < -0.4 is 10.2 Å². The van der Waals surface area contributed by atoms with Crippen LogP contribution in [0.2, 0.25) is 0 Å². The first kappa shape index (κ1) is 14.9. The second-order valence-corrected chi connectivity index (χ2v) is 6.63. The summed E-state index contributed by atoms with van der Waals surface area (Å²) in [5.41, 5.74) is 2.77. The average Bonchev–Trinajstić information content (AvgIpc) is 3.39. The van der Waals surface area contributed by atoms with Gasteiger partial charge in [0.05, 0.1) is 6.61 Å². The molecule has 1 aromatic carbocycles. The Morgan fingerprint density at radius 3 is 2.19 bits per heavy atom. The molecule has 0 bridgehead atoms. The van der Waals surface area contributed by atoms with Crippen LogP contribution in [0.5, 0.6) is 0 Å². The number of benzene rings is 1. The zero-order valence-electron chi connectivity index (χ0n) is 13.2. The highest BCUT2D eigenvalue weighted by atomic mass is 16.5. The fourth-order valence-corrected chi connectivity index (χ4v) is 2.74. The van der Waals surface area contributed by atoms with Gasteiger partial charge in [0.15, 0.2) is 0 Å². The van der Waals surface area contributed by atoms with Crippen molar-refractivity contribution in [2.45, 2.75) is 32.2 Å². The highest BCUT2D eigenvalue weighted by Crippen LogP contribution is 2.35. The third-order valence-corrected chi connectivity index (χ3v) is 4.46. The number of methoxy groups -OCH3 is 1. The van der Waals surface area contributed by atoms with Crippen LogP contribution in [0.25, 0.3) is 0 Å². The number of hydrogen-bond acceptors (Lipinski definition) is 3. The zero-order chi connectivity index (χ0) is 14.5. The summed E-state index contributed by atoms with van der Waals surface area (Å²) in [5.74, 6) is 1.92. The van der Waals surface area contributed by atoms with Crippen LogP contribution in [0, 0.1) is 11.8 Å². The first-order valence-electron chi connectivity index (χ1n) is 8.38. The second kappa shape index (κ2) is 7.28. The Morgan fingerprint density at radius 2 is 1.67 bits per heavy atom. The molecule has 1 aromatic rings. The molecule has 0 aliphatic heterocycles. The van der Waals surface area contributed by atoms with Gasteiger partial charge in [0, 0.05) is 39.0 Å². The van der Waals surface area contributed by atoms with Gasteiger partial charge in [-0.2, -0.15) is 0 Å². The standard InChI is InChI=1S/C18H28N2O/c1-21-11-10-19-12-15-6-8-18(9-7-15)20(13-16-2-3-16)14-17-4-5-17/h6-9,16-17,19H,2-5,10-14H2,1H3. The quantitative estimate of drug-likeness (QED) is 0.670. The van der Waals surface area contributed by atoms with Gasteiger partial charge in [0.25, 0.3) is 0 Å². The molecule has 0 amide bonds. The Hall–Kier alpha value is -1.06. The molecule has 0 aromatic heterocycles. The van der Waals surface area contributed by atoms with E-state index in [-0.39, 0.29) is 0 Å². The molecule has 3 heteroatoms. The minimum atomic E-state index is 0.772. The minimum absolute atomic E-state index is 0.772. The normalized spacial score (nSPS) is 18.0. The van der Waals surface area contributed by atoms with E-state index >= 15 is 0 Å². The molecular weight excluding hydrogens is 260 g/mol. The molecule has 3 rings (SSSR count). The van der Waals surface area contributed by atoms with Crippen LogP contribution in [0.15, 0.2) is 24.3 Å². The van der Waals surface area contributed by atoms with Crippen molar-refractivity contribution in [3.8, 4) is 0 Å². The van der Waals surface area contributed by atoms with Gasteiger partial charge < -0.3 is 15.0 Å². The summed E-state index contributed by atoms with van der Waals surface area (Å²) >= 11 is 0. The van der Waals surface area contributed by atoms with Crippen molar-refractivity contribution in [2.24, 2.45) is 11.8 Å². The van der Waals surface area contributed by atoms with Gasteiger partial charge in [-0.1, -0.05) is 12.1 Å². The van der Waals surface area contributed by atoms with Crippen molar-refractivity contribution in [2.75, 3.05) is 38.3 Å². The molecule has 0 radical (unpaired) electrons. The molecule has 0 spiro atoms. The Labute approximate surface area is 128 Å². The van der Waals surface area contributed by atoms with E-state index in [0.717, 1.165) is 31.5 Å². The van der Waals surface area contributed by atoms with Crippen LogP contribution in [0.1, 0.15) is 31.2 Å². The summed E-state index contributed by atoms with van der Waals surface area (Å²) in [4.78, 5) is 2.62. The van der Waals surface area contributed by atoms with Crippen molar-refractivity contribution in [3.63, 3.8) is 0 Å². The molecule has 2 fully saturated rings. The maximum atomic E-state index is 5.05. The molecule has 3 nitrogen and oxygen atoms in total. The lowest BCUT2D eigenvalue weighted by Gasteiger charge is -2.25. The lowest BCUT2D eigenvalue weighted by atomic mass is 10.1. The summed E-state index contributed by atoms with van der Waals surface area (Å²) < 4.78 is 5.05. The smallest absolute Gasteiger partial charge is 0.0587 e. The van der Waals surface area contributed by atoms with Crippen LogP contribution >= 0.6 is 0 Å². The number of nitrogens with one attached hydrogen (secondary N) is 1. The fourth-order valence-electron chi connectivity index (χ4n) is 2.74. The predicted octanol–water partition coefficient (Wildman–Crippen LogP) is 3.05. The average molecular weight is 288 g/mol. The summed E-state index contributed by atoms with van der Waals surface area (Å²) in [6.07, 6.45) is 5.73. The van der Waals surface area contributed by atoms with Gasteiger partial charge in [-0.05, 0) is 55.2 Å². The third kappa shape index (κ3) is 5.01. The first-order valence-corrected chi connectivity index (χ1v) is 8.38. The summed E-state index contributed by atoms with van der Waals surface area (Å²) in [6.45, 7) is 5.14. The summed E-state index contributed by atoms with van der Waals surface area (Å²) in [6, 6.07) is 9.14. The molecule has 0 atom stereocenters. The van der Waals surface area contributed by atoms with Crippen LogP contribution in [0.3, 0.4) is 0 Å². The van der Waals surface area contributed by atoms with Crippen molar-refractivity contribution in [1.82, 2.24) is 5.32 Å². The SMILES string of the molecule is COCCNCc1ccc(N(CC2CC2)CC2CC2)cc1. The fraction of sp³-hybridized carbons (Fsp3) is 0.667. The lowest BCUT2D eigenvalue weighted by Crippen LogP contribution is -2.28. The Bertz CT molecular complexity index is 409. The van der Waals surface area contributed by atoms with Gasteiger partial charge in [-0.25, -0.2) is 0 Å². The minimum Gasteiger partial charge on any atom is -0.383 e. The highest BCUT2D eigenvalue weighted by Gasteiger charge is 2.29. The number of rotatable bonds is 10. The third-order valence-electron chi connectivity index (χ3n) is 4.46. The number of nitrogens with zero attached hydrogens (tertiary/aromatic N) is 1. The lowest BCUT2D eigenvalue weighted by molar-refractivity contribution is 0.199. The largest absolute Gasteiger partial charge is 0.383 e. The van der Waals surface area contributed by atoms with E-state index in [9.17, 15) is 0 Å². The van der Waals surface area contributed by atoms with Crippen molar-refractivity contribution in [1.29, 1.82) is 0 Å². The zero-order valence-corrected chi connectivity index (χ0v) is 13.2. The first-order chi connectivity index (χ1) is 10.3. The highest BCUT2D eigenvalue weighted by molar-refractivity contribution is 5.48. The molecule has 1 N–H and O–H groups in total. The molecule has 2 aliphatic rings. The van der Waals surface area contributed by atoms with E-state index in [1.165, 1.54) is 50.0 Å². The molecule has 0 unspecified atom stereocenters. The van der Waals surface area contributed by atoms with Gasteiger partial charge in [0.2, 0.25) is 0 Å². The van der Waals surface area contributed by atoms with E-state index in [2.05, 4.69) is 34.5 Å². The van der Waals surface area contributed by atoms with Gasteiger partial charge in [0.1, 0.15) is 0 Å². The maximum absolute atomic E-state index is 5.05. The monoisotopic (exact) mass is 288 g/mol. The van der Waals surface area contributed by atoms with E-state index < -0.39 is 0 Å². The van der Waals surface area contributed by atoms with Crippen LogP contribution in [-0.2, 0) is 11.3 Å². The topological polar surface area (TPSA) is 24.5 Å². The van der Waals surface area contributed by atoms with Crippen LogP contribution in [-0.4, -0.2) is 33.4 Å².